The summed E-state index contributed by atoms with van der Waals surface area (Å²) in [5, 5.41) is 0. The quantitative estimate of drug-likeness (QED) is 0.280. The van der Waals surface area contributed by atoms with Gasteiger partial charge in [-0.25, -0.2) is 0 Å². The average molecular weight is 673 g/mol. The number of hydrogen-bond acceptors (Lipinski definition) is 5. The van der Waals surface area contributed by atoms with Crippen molar-refractivity contribution < 1.29 is 155 Å². The second-order valence-corrected chi connectivity index (χ2v) is 3.24. The summed E-state index contributed by atoms with van der Waals surface area (Å²) in [5.41, 5.74) is 0.604. The van der Waals surface area contributed by atoms with Crippen LogP contribution in [-0.2, 0) is 150 Å². The molecule has 0 N–H and O–H groups in total. The number of halogens is 2. The Hall–Kier alpha value is 2.57. The molecule has 1 aromatic carbocycles. The van der Waals surface area contributed by atoms with Crippen LogP contribution >= 0.6 is 23.2 Å². The monoisotopic (exact) mass is 672 g/mol. The zero-order valence-corrected chi connectivity index (χ0v) is 25.6. The second kappa shape index (κ2) is 44.8. The summed E-state index contributed by atoms with van der Waals surface area (Å²) < 4.78 is -0.889. The maximum Gasteiger partial charge on any atom is 0.313 e. The minimum Gasteiger partial charge on any atom is -0.544 e. The minimum absolute atomic E-state index is 0. The summed E-state index contributed by atoms with van der Waals surface area (Å²) in [4.78, 5) is 45.6. The third-order valence-corrected chi connectivity index (χ3v) is 1.04. The molecule has 0 heterocycles. The van der Waals surface area contributed by atoms with Gasteiger partial charge in [0.1, 0.15) is 0 Å². The van der Waals surface area contributed by atoms with E-state index in [1.807, 2.05) is 6.07 Å². The fourth-order valence-corrected chi connectivity index (χ4v) is 0.536. The van der Waals surface area contributed by atoms with E-state index in [-0.39, 0.29) is 137 Å². The Labute approximate surface area is 252 Å². The van der Waals surface area contributed by atoms with E-state index in [0.29, 0.717) is 5.56 Å². The number of rotatable bonds is 3. The first-order chi connectivity index (χ1) is 9.49. The van der Waals surface area contributed by atoms with Gasteiger partial charge in [0.15, 0.2) is 0 Å². The number of carbonyl (C=O) groups excluding carboxylic acids is 5. The first-order valence-electron chi connectivity index (χ1n) is 4.77. The fraction of sp³-hybridized carbons (Fsp3) is 0.154. The van der Waals surface area contributed by atoms with Gasteiger partial charge < -0.3 is 19.2 Å². The van der Waals surface area contributed by atoms with Gasteiger partial charge in [0.05, 0.1) is 6.29 Å². The van der Waals surface area contributed by atoms with Crippen molar-refractivity contribution in [3.05, 3.63) is 35.9 Å². The average Bonchev–Trinajstić information content (AvgIpc) is 2.41. The van der Waals surface area contributed by atoms with Gasteiger partial charge in [-0.1, -0.05) is 6.07 Å². The molecule has 0 aliphatic carbocycles. The first-order valence-corrected chi connectivity index (χ1v) is 5.52. The number of hydrogen-bond donors (Lipinski definition) is 0. The van der Waals surface area contributed by atoms with E-state index in [4.69, 9.17) is 19.2 Å². The Morgan fingerprint density at radius 2 is 1.17 bits per heavy atom. The van der Waals surface area contributed by atoms with Crippen LogP contribution in [0, 0.1) is 0 Å². The van der Waals surface area contributed by atoms with Crippen LogP contribution in [0.5, 0.6) is 0 Å². The van der Waals surface area contributed by atoms with E-state index in [1.54, 1.807) is 30.6 Å². The van der Waals surface area contributed by atoms with Crippen LogP contribution in [-0.4, -0.2) is 29.8 Å². The molecule has 122 valence electrons. The normalized spacial score (nSPS) is 5.79. The Morgan fingerprint density at radius 3 is 1.29 bits per heavy atom. The van der Waals surface area contributed by atoms with Crippen molar-refractivity contribution in [1.82, 2.24) is 0 Å². The molecule has 5 nitrogen and oxygen atoms in total. The first kappa shape index (κ1) is 45.4. The van der Waals surface area contributed by atoms with Crippen molar-refractivity contribution in [2.75, 3.05) is 0 Å². The SMILES string of the molecule is C[C-]=O.O=C(Cl)Cl.O=[C-]C[C-]=O.O=[C-]c1ccccc1.[Y].[Y].[Y].[Y]. The van der Waals surface area contributed by atoms with Crippen LogP contribution in [0.4, 0.5) is 4.79 Å². The van der Waals surface area contributed by atoms with E-state index in [0.717, 1.165) is 0 Å². The van der Waals surface area contributed by atoms with E-state index in [1.165, 1.54) is 25.8 Å². The molecule has 0 fully saturated rings. The van der Waals surface area contributed by atoms with Crippen molar-refractivity contribution in [1.29, 1.82) is 0 Å². The standard InChI is InChI=1S/C7H5O.C3H2O2.C2H3O.CCl2O.4Y/c8-6-7-4-2-1-3-5-7;4-2-1-3-5;1-2-3;2-1(3)4;;;;/h1-5H;1H2;1H3;;;;;/q-1;-2;-1;;;;;. The zero-order chi connectivity index (χ0) is 16.2. The van der Waals surface area contributed by atoms with E-state index in [2.05, 4.69) is 23.2 Å². The van der Waals surface area contributed by atoms with Gasteiger partial charge in [0.2, 0.25) is 0 Å². The van der Waals surface area contributed by atoms with Gasteiger partial charge >= 0.3 is 4.70 Å². The van der Waals surface area contributed by atoms with Crippen LogP contribution in [0.25, 0.3) is 0 Å². The minimum atomic E-state index is -0.889. The molecule has 0 aromatic heterocycles. The predicted molar refractivity (Wildman–Crippen MR) is 75.7 cm³/mol. The second-order valence-electron chi connectivity index (χ2n) is 2.36. The Balaban J connectivity index is -0.0000000325. The van der Waals surface area contributed by atoms with Gasteiger partial charge in [-0.3, -0.25) is 30.1 Å². The Morgan fingerprint density at radius 1 is 0.875 bits per heavy atom. The summed E-state index contributed by atoms with van der Waals surface area (Å²) in [6, 6.07) is 8.90. The predicted octanol–water partition coefficient (Wildman–Crippen LogP) is 2.43. The molecule has 0 spiro atoms. The summed E-state index contributed by atoms with van der Waals surface area (Å²) in [5.74, 6) is 0. The van der Waals surface area contributed by atoms with Gasteiger partial charge in [-0.15, -0.1) is 12.1 Å². The smallest absolute Gasteiger partial charge is 0.313 e. The van der Waals surface area contributed by atoms with Crippen LogP contribution in [0.3, 0.4) is 0 Å². The van der Waals surface area contributed by atoms with Crippen LogP contribution in [0.2, 0.25) is 0 Å². The molecule has 0 amide bonds. The summed E-state index contributed by atoms with van der Waals surface area (Å²) in [6.07, 6.45) is 5.74. The topological polar surface area (TPSA) is 85.3 Å². The summed E-state index contributed by atoms with van der Waals surface area (Å²) in [7, 11) is 0. The number of benzene rings is 1. The molecule has 11 heteroatoms. The van der Waals surface area contributed by atoms with Crippen molar-refractivity contribution in [2.24, 2.45) is 0 Å². The molecule has 0 bridgehead atoms. The van der Waals surface area contributed by atoms with Crippen molar-refractivity contribution >= 4 is 53.0 Å². The van der Waals surface area contributed by atoms with Crippen molar-refractivity contribution in [3.63, 3.8) is 0 Å². The molecule has 1 aromatic rings. The third kappa shape index (κ3) is 64.3. The van der Waals surface area contributed by atoms with Gasteiger partial charge in [0, 0.05) is 131 Å². The van der Waals surface area contributed by atoms with Crippen LogP contribution < -0.4 is 0 Å². The van der Waals surface area contributed by atoms with Crippen molar-refractivity contribution in [2.45, 2.75) is 13.3 Å². The maximum atomic E-state index is 9.88. The molecule has 0 saturated heterocycles. The number of carbonyl (C=O) groups is 1. The van der Waals surface area contributed by atoms with E-state index in [9.17, 15) is 4.79 Å². The summed E-state index contributed by atoms with van der Waals surface area (Å²) in [6.45, 7) is 1.32. The van der Waals surface area contributed by atoms with Gasteiger partial charge in [0.25, 0.3) is 0 Å². The largest absolute Gasteiger partial charge is 0.544 e. The maximum absolute atomic E-state index is 9.88. The van der Waals surface area contributed by atoms with E-state index >= 15 is 0 Å². The van der Waals surface area contributed by atoms with Crippen LogP contribution in [0.1, 0.15) is 18.9 Å². The molecule has 24 heavy (non-hydrogen) atoms. The zero-order valence-electron chi connectivity index (χ0n) is 12.7. The molecule has 0 unspecified atom stereocenters. The molecule has 0 aliphatic heterocycles. The molecule has 4 radical (unpaired) electrons. The van der Waals surface area contributed by atoms with Gasteiger partial charge in [-0.05, 0) is 23.2 Å². The fourth-order valence-electron chi connectivity index (χ4n) is 0.536. The summed E-state index contributed by atoms with van der Waals surface area (Å²) >= 11 is 8.80. The molecule has 0 atom stereocenters. The molecule has 1 rings (SSSR count). The molecule has 0 aliphatic rings. The van der Waals surface area contributed by atoms with E-state index < -0.39 is 4.70 Å². The molecule has 0 saturated carbocycles. The van der Waals surface area contributed by atoms with Crippen molar-refractivity contribution in [3.8, 4) is 0 Å². The Bertz CT molecular complexity index is 385. The molecular weight excluding hydrogens is 663 g/mol. The third-order valence-electron chi connectivity index (χ3n) is 1.04. The Kier molecular flexibility index (Phi) is 84.6. The van der Waals surface area contributed by atoms with Crippen LogP contribution in [0.15, 0.2) is 30.3 Å². The molecular formula is C13H10Cl2O5Y4-4. The van der Waals surface area contributed by atoms with Gasteiger partial charge in [-0.2, -0.15) is 24.6 Å².